The summed E-state index contributed by atoms with van der Waals surface area (Å²) in [5, 5.41) is 4.02. The zero-order valence-corrected chi connectivity index (χ0v) is 12.9. The smallest absolute Gasteiger partial charge is 0.124 e. The van der Waals surface area contributed by atoms with Crippen LogP contribution in [0.4, 0.5) is 4.39 Å². The van der Waals surface area contributed by atoms with Crippen LogP contribution in [0.5, 0.6) is 0 Å². The van der Waals surface area contributed by atoms with E-state index in [0.717, 1.165) is 5.56 Å². The minimum atomic E-state index is -0.284. The second-order valence-electron chi connectivity index (χ2n) is 5.30. The van der Waals surface area contributed by atoms with Crippen molar-refractivity contribution in [2.24, 2.45) is 0 Å². The maximum Gasteiger partial charge on any atom is 0.124 e. The summed E-state index contributed by atoms with van der Waals surface area (Å²) in [4.78, 5) is 0. The standard InChI is InChI=1S/C16H25ClFN/c1-4-5-6-7-8-12(2)19-13(3)15-10-9-14(18)11-16(15)17/h9-13,19H,4-8H2,1-3H3. The van der Waals surface area contributed by atoms with Gasteiger partial charge < -0.3 is 5.32 Å². The van der Waals surface area contributed by atoms with Gasteiger partial charge in [0.1, 0.15) is 5.82 Å². The largest absolute Gasteiger partial charge is 0.308 e. The monoisotopic (exact) mass is 285 g/mol. The molecular formula is C16H25ClFN. The van der Waals surface area contributed by atoms with Crippen molar-refractivity contribution in [3.63, 3.8) is 0 Å². The molecule has 1 aromatic rings. The second kappa shape index (κ2) is 8.55. The van der Waals surface area contributed by atoms with Crippen LogP contribution >= 0.6 is 11.6 Å². The molecule has 1 rings (SSSR count). The van der Waals surface area contributed by atoms with Gasteiger partial charge >= 0.3 is 0 Å². The fraction of sp³-hybridized carbons (Fsp3) is 0.625. The molecule has 2 atom stereocenters. The Bertz CT molecular complexity index is 381. The number of benzene rings is 1. The molecule has 0 radical (unpaired) electrons. The highest BCUT2D eigenvalue weighted by Crippen LogP contribution is 2.24. The van der Waals surface area contributed by atoms with Crippen molar-refractivity contribution in [3.8, 4) is 0 Å². The van der Waals surface area contributed by atoms with Gasteiger partial charge in [-0.1, -0.05) is 50.3 Å². The maximum absolute atomic E-state index is 13.0. The number of hydrogen-bond donors (Lipinski definition) is 1. The summed E-state index contributed by atoms with van der Waals surface area (Å²) in [7, 11) is 0. The Morgan fingerprint density at radius 1 is 1.21 bits per heavy atom. The minimum Gasteiger partial charge on any atom is -0.308 e. The highest BCUT2D eigenvalue weighted by Gasteiger charge is 2.12. The molecule has 2 unspecified atom stereocenters. The second-order valence-corrected chi connectivity index (χ2v) is 5.71. The minimum absolute atomic E-state index is 0.147. The lowest BCUT2D eigenvalue weighted by atomic mass is 10.0. The van der Waals surface area contributed by atoms with Crippen LogP contribution in [0.1, 0.15) is 64.5 Å². The summed E-state index contributed by atoms with van der Waals surface area (Å²) in [6, 6.07) is 5.20. The quantitative estimate of drug-likeness (QED) is 0.623. The Labute approximate surface area is 121 Å². The zero-order valence-electron chi connectivity index (χ0n) is 12.2. The van der Waals surface area contributed by atoms with Crippen molar-refractivity contribution < 1.29 is 4.39 Å². The molecule has 1 N–H and O–H groups in total. The molecular weight excluding hydrogens is 261 g/mol. The van der Waals surface area contributed by atoms with E-state index in [0.29, 0.717) is 11.1 Å². The molecule has 0 aromatic heterocycles. The topological polar surface area (TPSA) is 12.0 Å². The van der Waals surface area contributed by atoms with Gasteiger partial charge in [0, 0.05) is 17.1 Å². The van der Waals surface area contributed by atoms with Crippen LogP contribution in [0, 0.1) is 5.82 Å². The van der Waals surface area contributed by atoms with Crippen molar-refractivity contribution in [1.82, 2.24) is 5.32 Å². The first kappa shape index (κ1) is 16.5. The van der Waals surface area contributed by atoms with Crippen molar-refractivity contribution >= 4 is 11.6 Å². The van der Waals surface area contributed by atoms with E-state index in [2.05, 4.69) is 26.1 Å². The van der Waals surface area contributed by atoms with Crippen LogP contribution in [0.2, 0.25) is 5.02 Å². The van der Waals surface area contributed by atoms with E-state index in [4.69, 9.17) is 11.6 Å². The lowest BCUT2D eigenvalue weighted by Crippen LogP contribution is -2.29. The van der Waals surface area contributed by atoms with Crippen molar-refractivity contribution in [1.29, 1.82) is 0 Å². The van der Waals surface area contributed by atoms with Gasteiger partial charge in [0.25, 0.3) is 0 Å². The third-order valence-electron chi connectivity index (χ3n) is 3.45. The van der Waals surface area contributed by atoms with E-state index in [-0.39, 0.29) is 11.9 Å². The summed E-state index contributed by atoms with van der Waals surface area (Å²) in [6.07, 6.45) is 6.30. The van der Waals surface area contributed by atoms with Crippen molar-refractivity contribution in [3.05, 3.63) is 34.6 Å². The first-order valence-electron chi connectivity index (χ1n) is 7.25. The van der Waals surface area contributed by atoms with E-state index in [9.17, 15) is 4.39 Å². The molecule has 1 aromatic carbocycles. The Morgan fingerprint density at radius 3 is 2.58 bits per heavy atom. The highest BCUT2D eigenvalue weighted by atomic mass is 35.5. The average molecular weight is 286 g/mol. The normalized spacial score (nSPS) is 14.4. The average Bonchev–Trinajstić information content (AvgIpc) is 2.34. The zero-order chi connectivity index (χ0) is 14.3. The van der Waals surface area contributed by atoms with E-state index in [1.54, 1.807) is 6.07 Å². The number of hydrogen-bond acceptors (Lipinski definition) is 1. The molecule has 0 saturated carbocycles. The van der Waals surface area contributed by atoms with Gasteiger partial charge in [-0.3, -0.25) is 0 Å². The van der Waals surface area contributed by atoms with Gasteiger partial charge in [-0.2, -0.15) is 0 Å². The summed E-state index contributed by atoms with van der Waals surface area (Å²) in [5.74, 6) is -0.284. The number of nitrogens with one attached hydrogen (secondary N) is 1. The lowest BCUT2D eigenvalue weighted by Gasteiger charge is -2.21. The summed E-state index contributed by atoms with van der Waals surface area (Å²) < 4.78 is 13.0. The molecule has 1 nitrogen and oxygen atoms in total. The van der Waals surface area contributed by atoms with Crippen LogP contribution in [0.3, 0.4) is 0 Å². The molecule has 108 valence electrons. The fourth-order valence-corrected chi connectivity index (χ4v) is 2.66. The van der Waals surface area contributed by atoms with Gasteiger partial charge in [0.15, 0.2) is 0 Å². The third-order valence-corrected chi connectivity index (χ3v) is 3.78. The SMILES string of the molecule is CCCCCCC(C)NC(C)c1ccc(F)cc1Cl. The van der Waals surface area contributed by atoms with Crippen LogP contribution in [0.15, 0.2) is 18.2 Å². The number of rotatable bonds is 8. The van der Waals surface area contributed by atoms with Crippen LogP contribution in [-0.2, 0) is 0 Å². The highest BCUT2D eigenvalue weighted by molar-refractivity contribution is 6.31. The van der Waals surface area contributed by atoms with Gasteiger partial charge in [-0.25, -0.2) is 4.39 Å². The van der Waals surface area contributed by atoms with E-state index in [1.807, 2.05) is 0 Å². The van der Waals surface area contributed by atoms with Crippen molar-refractivity contribution in [2.75, 3.05) is 0 Å². The predicted octanol–water partition coefficient (Wildman–Crippen LogP) is 5.49. The number of unbranched alkanes of at least 4 members (excludes halogenated alkanes) is 3. The molecule has 0 amide bonds. The lowest BCUT2D eigenvalue weighted by molar-refractivity contribution is 0.437. The summed E-state index contributed by atoms with van der Waals surface area (Å²) in [6.45, 7) is 6.49. The summed E-state index contributed by atoms with van der Waals surface area (Å²) >= 11 is 6.07. The third kappa shape index (κ3) is 5.92. The Morgan fingerprint density at radius 2 is 1.95 bits per heavy atom. The van der Waals surface area contributed by atoms with Gasteiger partial charge in [0.2, 0.25) is 0 Å². The van der Waals surface area contributed by atoms with Gasteiger partial charge in [0.05, 0.1) is 0 Å². The first-order chi connectivity index (χ1) is 9.04. The molecule has 0 aliphatic rings. The number of halogens is 2. The van der Waals surface area contributed by atoms with E-state index >= 15 is 0 Å². The molecule has 0 aliphatic carbocycles. The molecule has 19 heavy (non-hydrogen) atoms. The van der Waals surface area contributed by atoms with E-state index in [1.165, 1.54) is 44.2 Å². The van der Waals surface area contributed by atoms with Crippen LogP contribution in [0.25, 0.3) is 0 Å². The molecule has 0 aliphatic heterocycles. The molecule has 0 saturated heterocycles. The molecule has 0 fully saturated rings. The van der Waals surface area contributed by atoms with Crippen LogP contribution in [-0.4, -0.2) is 6.04 Å². The molecule has 3 heteroatoms. The van der Waals surface area contributed by atoms with Gasteiger partial charge in [-0.15, -0.1) is 0 Å². The van der Waals surface area contributed by atoms with Crippen LogP contribution < -0.4 is 5.32 Å². The Balaban J connectivity index is 2.43. The van der Waals surface area contributed by atoms with Crippen molar-refractivity contribution in [2.45, 2.75) is 65.0 Å². The summed E-state index contributed by atoms with van der Waals surface area (Å²) in [5.41, 5.74) is 0.962. The maximum atomic E-state index is 13.0. The van der Waals surface area contributed by atoms with Gasteiger partial charge in [-0.05, 0) is 38.0 Å². The predicted molar refractivity (Wildman–Crippen MR) is 81.2 cm³/mol. The Kier molecular flexibility index (Phi) is 7.40. The molecule has 0 spiro atoms. The fourth-order valence-electron chi connectivity index (χ4n) is 2.33. The first-order valence-corrected chi connectivity index (χ1v) is 7.63. The van der Waals surface area contributed by atoms with E-state index < -0.39 is 0 Å². The molecule has 0 heterocycles. The molecule has 0 bridgehead atoms. The Hall–Kier alpha value is -0.600.